The Bertz CT molecular complexity index is 1350. The number of aryl methyl sites for hydroxylation is 1. The van der Waals surface area contributed by atoms with Gasteiger partial charge in [0.25, 0.3) is 10.0 Å². The summed E-state index contributed by atoms with van der Waals surface area (Å²) in [6.07, 6.45) is -0.0428. The Kier molecular flexibility index (Phi) is 5.22. The largest absolute Gasteiger partial charge is 0.573 e. The molecule has 0 saturated carbocycles. The average molecular weight is 446 g/mol. The second-order valence-corrected chi connectivity index (χ2v) is 8.83. The fourth-order valence-corrected chi connectivity index (χ4v) is 4.68. The molecule has 0 saturated heterocycles. The molecule has 0 atom stereocenters. The highest BCUT2D eigenvalue weighted by atomic mass is 32.2. The lowest BCUT2D eigenvalue weighted by atomic mass is 10.00. The summed E-state index contributed by atoms with van der Waals surface area (Å²) in [4.78, 5) is 3.96. The van der Waals surface area contributed by atoms with Crippen molar-refractivity contribution >= 4 is 20.9 Å². The first-order valence-corrected chi connectivity index (χ1v) is 10.7. The predicted octanol–water partition coefficient (Wildman–Crippen LogP) is 5.07. The highest BCUT2D eigenvalue weighted by Gasteiger charge is 2.31. The third kappa shape index (κ3) is 4.41. The molecule has 4 aromatic rings. The Morgan fingerprint density at radius 1 is 1.06 bits per heavy atom. The summed E-state index contributed by atoms with van der Waals surface area (Å²) in [5.41, 5.74) is 2.78. The van der Waals surface area contributed by atoms with Crippen molar-refractivity contribution in [3.05, 3.63) is 89.9 Å². The summed E-state index contributed by atoms with van der Waals surface area (Å²) < 4.78 is 68.4. The van der Waals surface area contributed by atoms with Gasteiger partial charge in [-0.15, -0.1) is 13.2 Å². The van der Waals surface area contributed by atoms with Crippen molar-refractivity contribution in [1.82, 2.24) is 8.96 Å². The van der Waals surface area contributed by atoms with Crippen molar-refractivity contribution in [2.45, 2.75) is 24.6 Å². The van der Waals surface area contributed by atoms with Crippen LogP contribution in [0.15, 0.2) is 78.1 Å². The van der Waals surface area contributed by atoms with Gasteiger partial charge >= 0.3 is 6.36 Å². The van der Waals surface area contributed by atoms with Crippen molar-refractivity contribution < 1.29 is 26.3 Å². The quantitative estimate of drug-likeness (QED) is 0.429. The number of nitrogens with zero attached hydrogens (tertiary/aromatic N) is 2. The van der Waals surface area contributed by atoms with E-state index in [0.29, 0.717) is 17.5 Å². The molecular weight excluding hydrogens is 429 g/mol. The molecule has 4 rings (SSSR count). The number of pyridine rings is 1. The van der Waals surface area contributed by atoms with Gasteiger partial charge < -0.3 is 4.74 Å². The molecule has 0 aliphatic rings. The summed E-state index contributed by atoms with van der Waals surface area (Å²) in [7, 11) is -3.81. The third-order valence-electron chi connectivity index (χ3n) is 4.86. The van der Waals surface area contributed by atoms with Crippen LogP contribution in [-0.2, 0) is 16.4 Å². The van der Waals surface area contributed by atoms with Gasteiger partial charge in [-0.1, -0.05) is 18.2 Å². The van der Waals surface area contributed by atoms with Crippen molar-refractivity contribution in [3.8, 4) is 5.75 Å². The molecule has 5 nitrogen and oxygen atoms in total. The second-order valence-electron chi connectivity index (χ2n) is 7.01. The number of aromatic nitrogens is 2. The molecule has 0 radical (unpaired) electrons. The number of rotatable bonds is 5. The number of hydrogen-bond acceptors (Lipinski definition) is 4. The van der Waals surface area contributed by atoms with E-state index >= 15 is 0 Å². The van der Waals surface area contributed by atoms with Gasteiger partial charge in [0.15, 0.2) is 0 Å². The summed E-state index contributed by atoms with van der Waals surface area (Å²) in [6.45, 7) is 1.70. The summed E-state index contributed by atoms with van der Waals surface area (Å²) in [5.74, 6) is -0.277. The lowest BCUT2D eigenvalue weighted by Gasteiger charge is -2.12. The van der Waals surface area contributed by atoms with Crippen LogP contribution < -0.4 is 4.74 Å². The van der Waals surface area contributed by atoms with E-state index in [1.165, 1.54) is 40.8 Å². The van der Waals surface area contributed by atoms with Crippen LogP contribution >= 0.6 is 0 Å². The maximum absolute atomic E-state index is 13.0. The molecule has 0 amide bonds. The van der Waals surface area contributed by atoms with Crippen LogP contribution in [-0.4, -0.2) is 23.7 Å². The van der Waals surface area contributed by atoms with Crippen molar-refractivity contribution in [2.75, 3.05) is 0 Å². The minimum absolute atomic E-state index is 0.0778. The van der Waals surface area contributed by atoms with Gasteiger partial charge in [0, 0.05) is 24.0 Å². The fourth-order valence-electron chi connectivity index (χ4n) is 3.37. The van der Waals surface area contributed by atoms with E-state index in [1.54, 1.807) is 31.2 Å². The lowest BCUT2D eigenvalue weighted by Crippen LogP contribution is -2.17. The molecule has 0 bridgehead atoms. The van der Waals surface area contributed by atoms with Crippen LogP contribution in [0.4, 0.5) is 13.2 Å². The van der Waals surface area contributed by atoms with Crippen molar-refractivity contribution in [2.24, 2.45) is 0 Å². The van der Waals surface area contributed by atoms with Gasteiger partial charge in [-0.05, 0) is 66.4 Å². The van der Waals surface area contributed by atoms with Crippen LogP contribution in [0.1, 0.15) is 16.7 Å². The van der Waals surface area contributed by atoms with Gasteiger partial charge in [0.2, 0.25) is 0 Å². The molecular formula is C22H17F3N2O3S. The molecule has 0 aliphatic carbocycles. The summed E-state index contributed by atoms with van der Waals surface area (Å²) in [5, 5.41) is 0.752. The number of benzene rings is 2. The fraction of sp³-hybridized carbons (Fsp3) is 0.136. The topological polar surface area (TPSA) is 61.2 Å². The highest BCUT2D eigenvalue weighted by molar-refractivity contribution is 7.90. The van der Waals surface area contributed by atoms with E-state index < -0.39 is 16.4 Å². The van der Waals surface area contributed by atoms with Crippen LogP contribution in [0.5, 0.6) is 5.75 Å². The molecule has 0 unspecified atom stereocenters. The molecule has 2 heterocycles. The minimum atomic E-state index is -4.75. The number of fused-ring (bicyclic) bond motifs is 1. The molecule has 0 N–H and O–H groups in total. The maximum Gasteiger partial charge on any atom is 0.573 e. The monoisotopic (exact) mass is 446 g/mol. The first kappa shape index (κ1) is 20.9. The van der Waals surface area contributed by atoms with Gasteiger partial charge in [-0.3, -0.25) is 4.98 Å². The van der Waals surface area contributed by atoms with Crippen molar-refractivity contribution in [3.63, 3.8) is 0 Å². The highest BCUT2D eigenvalue weighted by Crippen LogP contribution is 2.27. The van der Waals surface area contributed by atoms with Gasteiger partial charge in [-0.2, -0.15) is 0 Å². The van der Waals surface area contributed by atoms with Crippen LogP contribution in [0.2, 0.25) is 0 Å². The van der Waals surface area contributed by atoms with E-state index in [1.807, 2.05) is 12.1 Å². The Morgan fingerprint density at radius 3 is 2.55 bits per heavy atom. The molecule has 160 valence electrons. The van der Waals surface area contributed by atoms with Gasteiger partial charge in [0.05, 0.1) is 5.52 Å². The minimum Gasteiger partial charge on any atom is -0.406 e. The first-order valence-electron chi connectivity index (χ1n) is 9.24. The Labute approximate surface area is 176 Å². The zero-order valence-electron chi connectivity index (χ0n) is 16.3. The smallest absolute Gasteiger partial charge is 0.406 e. The first-order chi connectivity index (χ1) is 14.6. The Morgan fingerprint density at radius 2 is 1.87 bits per heavy atom. The summed E-state index contributed by atoms with van der Waals surface area (Å²) >= 11 is 0. The second kappa shape index (κ2) is 7.73. The van der Waals surface area contributed by atoms with Crippen LogP contribution in [0.25, 0.3) is 10.9 Å². The zero-order valence-corrected chi connectivity index (χ0v) is 17.1. The SMILES string of the molecule is Cc1cc(OC(F)(F)F)ccc1Cc1ccc2ccn(S(=O)(=O)c3cccnc3)c2c1. The van der Waals surface area contributed by atoms with Gasteiger partial charge in [0.1, 0.15) is 10.6 Å². The zero-order chi connectivity index (χ0) is 22.2. The van der Waals surface area contributed by atoms with Crippen molar-refractivity contribution in [1.29, 1.82) is 0 Å². The van der Waals surface area contributed by atoms with Gasteiger partial charge in [-0.25, -0.2) is 12.4 Å². The predicted molar refractivity (Wildman–Crippen MR) is 109 cm³/mol. The van der Waals surface area contributed by atoms with Crippen LogP contribution in [0.3, 0.4) is 0 Å². The molecule has 0 aliphatic heterocycles. The standard InChI is InChI=1S/C22H17F3N2O3S/c1-15-11-19(30-22(23,24)25)7-6-18(15)12-16-4-5-17-8-10-27(21(17)13-16)31(28,29)20-3-2-9-26-14-20/h2-11,13-14H,12H2,1H3. The molecule has 31 heavy (non-hydrogen) atoms. The number of hydrogen-bond donors (Lipinski definition) is 0. The van der Waals surface area contributed by atoms with E-state index in [9.17, 15) is 21.6 Å². The lowest BCUT2D eigenvalue weighted by molar-refractivity contribution is -0.274. The average Bonchev–Trinajstić information content (AvgIpc) is 3.14. The number of ether oxygens (including phenoxy) is 1. The van der Waals surface area contributed by atoms with E-state index in [-0.39, 0.29) is 10.6 Å². The summed E-state index contributed by atoms with van der Waals surface area (Å²) in [6, 6.07) is 14.4. The number of alkyl halides is 3. The van der Waals surface area contributed by atoms with E-state index in [4.69, 9.17) is 0 Å². The Hall–Kier alpha value is -3.33. The molecule has 9 heteroatoms. The molecule has 2 aromatic heterocycles. The van der Waals surface area contributed by atoms with E-state index in [2.05, 4.69) is 9.72 Å². The maximum atomic E-state index is 13.0. The Balaban J connectivity index is 1.67. The third-order valence-corrected chi connectivity index (χ3v) is 6.53. The number of halogens is 3. The normalized spacial score (nSPS) is 12.3. The molecule has 0 fully saturated rings. The van der Waals surface area contributed by atoms with Crippen LogP contribution in [0, 0.1) is 6.92 Å². The van der Waals surface area contributed by atoms with E-state index in [0.717, 1.165) is 16.5 Å². The molecule has 2 aromatic carbocycles. The molecule has 0 spiro atoms.